The van der Waals surface area contributed by atoms with Crippen LogP contribution in [0.15, 0.2) is 0 Å². The highest BCUT2D eigenvalue weighted by molar-refractivity contribution is 5.76. The van der Waals surface area contributed by atoms with Gasteiger partial charge in [0.1, 0.15) is 0 Å². The summed E-state index contributed by atoms with van der Waals surface area (Å²) in [5.74, 6) is -0.743. The fourth-order valence-electron chi connectivity index (χ4n) is 1.11. The summed E-state index contributed by atoms with van der Waals surface area (Å²) in [7, 11) is 0. The van der Waals surface area contributed by atoms with Gasteiger partial charge in [0.15, 0.2) is 0 Å². The van der Waals surface area contributed by atoms with Gasteiger partial charge in [-0.1, -0.05) is 19.8 Å². The van der Waals surface area contributed by atoms with Crippen LogP contribution in [-0.2, 0) is 9.59 Å². The summed E-state index contributed by atoms with van der Waals surface area (Å²) in [6.45, 7) is 1.79. The van der Waals surface area contributed by atoms with Crippen LogP contribution in [0.2, 0.25) is 0 Å². The van der Waals surface area contributed by atoms with E-state index in [1.54, 1.807) is 12.4 Å². The fourth-order valence-corrected chi connectivity index (χ4v) is 1.11. The molecule has 14 heavy (non-hydrogen) atoms. The third-order valence-electron chi connectivity index (χ3n) is 2.15. The van der Waals surface area contributed by atoms with Crippen LogP contribution < -0.4 is 11.2 Å². The normalized spacial score (nSPS) is 12.1. The van der Waals surface area contributed by atoms with Crippen LogP contribution >= 0.6 is 0 Å². The molecule has 0 heterocycles. The molecule has 0 spiro atoms. The Morgan fingerprint density at radius 1 is 1.36 bits per heavy atom. The van der Waals surface area contributed by atoms with Crippen molar-refractivity contribution < 1.29 is 14.8 Å². The highest BCUT2D eigenvalue weighted by atomic mass is 16.5. The number of unbranched alkanes of at least 4 members (excludes halogenated alkanes) is 2. The monoisotopic (exact) mass is 202 g/mol. The van der Waals surface area contributed by atoms with Crippen molar-refractivity contribution in [1.82, 2.24) is 5.48 Å². The molecule has 0 aromatic carbocycles. The number of amides is 2. The van der Waals surface area contributed by atoms with Gasteiger partial charge in [0.05, 0.1) is 0 Å². The number of primary amides is 1. The van der Waals surface area contributed by atoms with E-state index in [1.807, 2.05) is 0 Å². The predicted molar refractivity (Wildman–Crippen MR) is 51.4 cm³/mol. The molecule has 5 nitrogen and oxygen atoms in total. The van der Waals surface area contributed by atoms with Crippen molar-refractivity contribution in [3.05, 3.63) is 0 Å². The number of hydroxylamine groups is 1. The van der Waals surface area contributed by atoms with Gasteiger partial charge in [0, 0.05) is 12.3 Å². The highest BCUT2D eigenvalue weighted by Gasteiger charge is 2.07. The van der Waals surface area contributed by atoms with Crippen LogP contribution in [0.1, 0.15) is 39.0 Å². The van der Waals surface area contributed by atoms with E-state index in [2.05, 4.69) is 0 Å². The maximum absolute atomic E-state index is 10.6. The molecule has 4 N–H and O–H groups in total. The van der Waals surface area contributed by atoms with Gasteiger partial charge in [-0.3, -0.25) is 14.8 Å². The molecule has 0 rings (SSSR count). The van der Waals surface area contributed by atoms with E-state index in [4.69, 9.17) is 10.9 Å². The lowest BCUT2D eigenvalue weighted by molar-refractivity contribution is -0.129. The average Bonchev–Trinajstić information content (AvgIpc) is 2.16. The Balaban J connectivity index is 3.30. The molecule has 0 saturated heterocycles. The smallest absolute Gasteiger partial charge is 0.243 e. The molecule has 0 aliphatic heterocycles. The van der Waals surface area contributed by atoms with Crippen molar-refractivity contribution in [3.8, 4) is 0 Å². The van der Waals surface area contributed by atoms with Crippen molar-refractivity contribution >= 4 is 11.8 Å². The van der Waals surface area contributed by atoms with Crippen LogP contribution in [0.25, 0.3) is 0 Å². The van der Waals surface area contributed by atoms with E-state index in [0.717, 1.165) is 25.7 Å². The fraction of sp³-hybridized carbons (Fsp3) is 0.778. The molecule has 0 fully saturated rings. The molecule has 0 bridgehead atoms. The molecular formula is C9H18N2O3. The Morgan fingerprint density at radius 3 is 2.50 bits per heavy atom. The van der Waals surface area contributed by atoms with Crippen molar-refractivity contribution in [3.63, 3.8) is 0 Å². The molecule has 1 unspecified atom stereocenters. The maximum Gasteiger partial charge on any atom is 0.243 e. The minimum Gasteiger partial charge on any atom is -0.369 e. The minimum atomic E-state index is -0.368. The summed E-state index contributed by atoms with van der Waals surface area (Å²) in [6, 6.07) is 0. The van der Waals surface area contributed by atoms with Crippen LogP contribution in [0.3, 0.4) is 0 Å². The lowest BCUT2D eigenvalue weighted by Gasteiger charge is -2.05. The number of nitrogens with one attached hydrogen (secondary N) is 1. The third-order valence-corrected chi connectivity index (χ3v) is 2.15. The molecule has 2 amide bonds. The summed E-state index contributed by atoms with van der Waals surface area (Å²) in [6.07, 6.45) is 3.54. The van der Waals surface area contributed by atoms with Crippen molar-refractivity contribution in [2.24, 2.45) is 11.7 Å². The number of rotatable bonds is 7. The van der Waals surface area contributed by atoms with Crippen molar-refractivity contribution in [2.45, 2.75) is 39.0 Å². The van der Waals surface area contributed by atoms with Gasteiger partial charge in [-0.05, 0) is 12.8 Å². The number of hydrogen-bond donors (Lipinski definition) is 3. The zero-order chi connectivity index (χ0) is 11.0. The number of carbonyl (C=O) groups excluding carboxylic acids is 2. The second kappa shape index (κ2) is 7.32. The largest absolute Gasteiger partial charge is 0.369 e. The standard InChI is InChI=1S/C9H18N2O3/c1-7(9(10)13)5-3-2-4-6-8(12)11-14/h7,14H,2-6H2,1H3,(H2,10,13)(H,11,12). The summed E-state index contributed by atoms with van der Waals surface area (Å²) in [5.41, 5.74) is 6.65. The van der Waals surface area contributed by atoms with Crippen LogP contribution in [0.5, 0.6) is 0 Å². The first-order valence-corrected chi connectivity index (χ1v) is 4.80. The Kier molecular flexibility index (Phi) is 6.74. The Morgan fingerprint density at radius 2 is 2.00 bits per heavy atom. The first-order chi connectivity index (χ1) is 6.57. The molecule has 0 saturated carbocycles. The van der Waals surface area contributed by atoms with Gasteiger partial charge in [-0.15, -0.1) is 0 Å². The second-order valence-corrected chi connectivity index (χ2v) is 3.44. The zero-order valence-corrected chi connectivity index (χ0v) is 8.45. The van der Waals surface area contributed by atoms with Gasteiger partial charge in [0.25, 0.3) is 0 Å². The Labute approximate surface area is 83.6 Å². The molecule has 0 radical (unpaired) electrons. The summed E-state index contributed by atoms with van der Waals surface area (Å²) >= 11 is 0. The lowest BCUT2D eigenvalue weighted by Crippen LogP contribution is -2.20. The number of nitrogens with two attached hydrogens (primary N) is 1. The number of hydrogen-bond acceptors (Lipinski definition) is 3. The van der Waals surface area contributed by atoms with Crippen molar-refractivity contribution in [1.29, 1.82) is 0 Å². The maximum atomic E-state index is 10.6. The first kappa shape index (κ1) is 12.9. The first-order valence-electron chi connectivity index (χ1n) is 4.80. The van der Waals surface area contributed by atoms with Gasteiger partial charge in [0.2, 0.25) is 11.8 Å². The lowest BCUT2D eigenvalue weighted by atomic mass is 10.0. The van der Waals surface area contributed by atoms with E-state index >= 15 is 0 Å². The zero-order valence-electron chi connectivity index (χ0n) is 8.45. The van der Waals surface area contributed by atoms with E-state index in [1.165, 1.54) is 0 Å². The molecule has 0 aromatic rings. The molecule has 0 aliphatic carbocycles. The Hall–Kier alpha value is -1.10. The highest BCUT2D eigenvalue weighted by Crippen LogP contribution is 2.09. The van der Waals surface area contributed by atoms with Crippen LogP contribution in [0.4, 0.5) is 0 Å². The van der Waals surface area contributed by atoms with Gasteiger partial charge >= 0.3 is 0 Å². The molecular weight excluding hydrogens is 184 g/mol. The SMILES string of the molecule is CC(CCCCCC(=O)NO)C(N)=O. The van der Waals surface area contributed by atoms with Crippen LogP contribution in [0, 0.1) is 5.92 Å². The predicted octanol–water partition coefficient (Wildman–Crippen LogP) is 0.564. The Bertz CT molecular complexity index is 194. The van der Waals surface area contributed by atoms with E-state index < -0.39 is 0 Å². The van der Waals surface area contributed by atoms with Gasteiger partial charge in [-0.2, -0.15) is 0 Å². The third kappa shape index (κ3) is 6.42. The van der Waals surface area contributed by atoms with Crippen molar-refractivity contribution in [2.75, 3.05) is 0 Å². The average molecular weight is 202 g/mol. The molecule has 1 atom stereocenters. The molecule has 5 heteroatoms. The van der Waals surface area contributed by atoms with Crippen LogP contribution in [-0.4, -0.2) is 17.0 Å². The molecule has 0 aromatic heterocycles. The minimum absolute atomic E-state index is 0.0957. The van der Waals surface area contributed by atoms with E-state index in [-0.39, 0.29) is 17.7 Å². The summed E-state index contributed by atoms with van der Waals surface area (Å²) in [5, 5.41) is 8.19. The van der Waals surface area contributed by atoms with E-state index in [9.17, 15) is 9.59 Å². The molecule has 0 aliphatic rings. The second-order valence-electron chi connectivity index (χ2n) is 3.44. The topological polar surface area (TPSA) is 92.4 Å². The van der Waals surface area contributed by atoms with E-state index in [0.29, 0.717) is 6.42 Å². The summed E-state index contributed by atoms with van der Waals surface area (Å²) in [4.78, 5) is 21.2. The summed E-state index contributed by atoms with van der Waals surface area (Å²) < 4.78 is 0. The molecule has 82 valence electrons. The van der Waals surface area contributed by atoms with Gasteiger partial charge in [-0.25, -0.2) is 5.48 Å². The van der Waals surface area contributed by atoms with Gasteiger partial charge < -0.3 is 5.73 Å². The number of carbonyl (C=O) groups is 2. The quantitative estimate of drug-likeness (QED) is 0.320.